The SMILES string of the molecule is COc1cc(OC)cc(C2NC(C(=O)O)CCS2)c1. The lowest BCUT2D eigenvalue weighted by molar-refractivity contribution is -0.139. The summed E-state index contributed by atoms with van der Waals surface area (Å²) in [5, 5.41) is 12.2. The molecule has 5 nitrogen and oxygen atoms in total. The number of aliphatic carboxylic acids is 1. The third-order valence-corrected chi connectivity index (χ3v) is 4.23. The van der Waals surface area contributed by atoms with Gasteiger partial charge in [-0.3, -0.25) is 10.1 Å². The van der Waals surface area contributed by atoms with Crippen molar-refractivity contribution in [2.75, 3.05) is 20.0 Å². The molecule has 0 spiro atoms. The quantitative estimate of drug-likeness (QED) is 0.879. The van der Waals surface area contributed by atoms with Crippen molar-refractivity contribution in [3.63, 3.8) is 0 Å². The molecule has 104 valence electrons. The Morgan fingerprint density at radius 2 is 1.95 bits per heavy atom. The van der Waals surface area contributed by atoms with Gasteiger partial charge in [-0.05, 0) is 29.9 Å². The number of benzene rings is 1. The smallest absolute Gasteiger partial charge is 0.320 e. The van der Waals surface area contributed by atoms with Gasteiger partial charge in [0.25, 0.3) is 0 Å². The van der Waals surface area contributed by atoms with E-state index in [0.717, 1.165) is 11.3 Å². The highest BCUT2D eigenvalue weighted by molar-refractivity contribution is 7.99. The van der Waals surface area contributed by atoms with Gasteiger partial charge in [-0.25, -0.2) is 0 Å². The minimum Gasteiger partial charge on any atom is -0.497 e. The first-order chi connectivity index (χ1) is 9.13. The Balaban J connectivity index is 2.22. The third kappa shape index (κ3) is 3.33. The van der Waals surface area contributed by atoms with Gasteiger partial charge in [-0.15, -0.1) is 11.8 Å². The van der Waals surface area contributed by atoms with E-state index in [2.05, 4.69) is 5.32 Å². The zero-order valence-electron chi connectivity index (χ0n) is 10.9. The molecule has 0 aromatic heterocycles. The number of rotatable bonds is 4. The van der Waals surface area contributed by atoms with E-state index in [-0.39, 0.29) is 5.37 Å². The number of carboxylic acid groups (broad SMARTS) is 1. The van der Waals surface area contributed by atoms with E-state index in [1.54, 1.807) is 32.0 Å². The van der Waals surface area contributed by atoms with Gasteiger partial charge in [-0.2, -0.15) is 0 Å². The van der Waals surface area contributed by atoms with Crippen molar-refractivity contribution in [2.24, 2.45) is 0 Å². The lowest BCUT2D eigenvalue weighted by Gasteiger charge is -2.28. The number of methoxy groups -OCH3 is 2. The highest BCUT2D eigenvalue weighted by Crippen LogP contribution is 2.35. The monoisotopic (exact) mass is 283 g/mol. The van der Waals surface area contributed by atoms with E-state index in [1.165, 1.54) is 0 Å². The van der Waals surface area contributed by atoms with Crippen molar-refractivity contribution in [1.29, 1.82) is 0 Å². The summed E-state index contributed by atoms with van der Waals surface area (Å²) in [6.07, 6.45) is 0.637. The zero-order chi connectivity index (χ0) is 13.8. The maximum absolute atomic E-state index is 11.1. The molecule has 0 radical (unpaired) electrons. The summed E-state index contributed by atoms with van der Waals surface area (Å²) in [6, 6.07) is 5.10. The predicted molar refractivity (Wildman–Crippen MR) is 73.9 cm³/mol. The van der Waals surface area contributed by atoms with E-state index < -0.39 is 12.0 Å². The largest absolute Gasteiger partial charge is 0.497 e. The third-order valence-electron chi connectivity index (χ3n) is 3.02. The van der Waals surface area contributed by atoms with Crippen molar-refractivity contribution in [3.8, 4) is 11.5 Å². The number of hydrogen-bond acceptors (Lipinski definition) is 5. The Bertz CT molecular complexity index is 444. The average Bonchev–Trinajstić information content (AvgIpc) is 2.46. The van der Waals surface area contributed by atoms with Crippen LogP contribution in [0, 0.1) is 0 Å². The second kappa shape index (κ2) is 6.16. The number of nitrogens with one attached hydrogen (secondary N) is 1. The fourth-order valence-electron chi connectivity index (χ4n) is 1.99. The molecule has 0 saturated carbocycles. The zero-order valence-corrected chi connectivity index (χ0v) is 11.7. The fraction of sp³-hybridized carbons (Fsp3) is 0.462. The fourth-order valence-corrected chi connectivity index (χ4v) is 3.18. The molecule has 1 heterocycles. The highest BCUT2D eigenvalue weighted by Gasteiger charge is 2.27. The normalized spacial score (nSPS) is 22.8. The minimum absolute atomic E-state index is 0.0566. The average molecular weight is 283 g/mol. The van der Waals surface area contributed by atoms with Gasteiger partial charge in [0.15, 0.2) is 0 Å². The molecule has 1 fully saturated rings. The molecule has 0 amide bonds. The molecular weight excluding hydrogens is 266 g/mol. The second-order valence-corrected chi connectivity index (χ2v) is 5.46. The van der Waals surface area contributed by atoms with Crippen LogP contribution in [0.3, 0.4) is 0 Å². The number of carboxylic acids is 1. The summed E-state index contributed by atoms with van der Waals surface area (Å²) >= 11 is 1.69. The van der Waals surface area contributed by atoms with E-state index >= 15 is 0 Å². The molecule has 1 aliphatic rings. The lowest BCUT2D eigenvalue weighted by atomic mass is 10.1. The molecule has 2 unspecified atom stereocenters. The van der Waals surface area contributed by atoms with Crippen molar-refractivity contribution in [2.45, 2.75) is 17.8 Å². The first-order valence-corrected chi connectivity index (χ1v) is 7.02. The van der Waals surface area contributed by atoms with Crippen LogP contribution >= 0.6 is 11.8 Å². The van der Waals surface area contributed by atoms with Gasteiger partial charge in [-0.1, -0.05) is 0 Å². The molecule has 0 bridgehead atoms. The van der Waals surface area contributed by atoms with Crippen molar-refractivity contribution in [1.82, 2.24) is 5.32 Å². The Hall–Kier alpha value is -1.40. The van der Waals surface area contributed by atoms with Gasteiger partial charge in [0, 0.05) is 6.07 Å². The summed E-state index contributed by atoms with van der Waals surface area (Å²) < 4.78 is 10.5. The standard InChI is InChI=1S/C13H17NO4S/c1-17-9-5-8(6-10(7-9)18-2)12-14-11(13(15)16)3-4-19-12/h5-7,11-12,14H,3-4H2,1-2H3,(H,15,16). The van der Waals surface area contributed by atoms with Gasteiger partial charge in [0.2, 0.25) is 0 Å². The van der Waals surface area contributed by atoms with Gasteiger partial charge < -0.3 is 14.6 Å². The van der Waals surface area contributed by atoms with Crippen LogP contribution < -0.4 is 14.8 Å². The van der Waals surface area contributed by atoms with Crippen LogP contribution in [0.25, 0.3) is 0 Å². The Morgan fingerprint density at radius 1 is 1.32 bits per heavy atom. The number of hydrogen-bond donors (Lipinski definition) is 2. The molecule has 0 aliphatic carbocycles. The Kier molecular flexibility index (Phi) is 4.55. The van der Waals surface area contributed by atoms with Crippen LogP contribution in [-0.2, 0) is 4.79 Å². The van der Waals surface area contributed by atoms with Crippen molar-refractivity contribution < 1.29 is 19.4 Å². The molecular formula is C13H17NO4S. The summed E-state index contributed by atoms with van der Waals surface area (Å²) in [6.45, 7) is 0. The van der Waals surface area contributed by atoms with E-state index in [9.17, 15) is 4.79 Å². The topological polar surface area (TPSA) is 67.8 Å². The van der Waals surface area contributed by atoms with Crippen LogP contribution in [0.2, 0.25) is 0 Å². The molecule has 1 aromatic rings. The molecule has 1 aromatic carbocycles. The summed E-state index contributed by atoms with van der Waals surface area (Å²) in [4.78, 5) is 11.1. The number of ether oxygens (including phenoxy) is 2. The van der Waals surface area contributed by atoms with Crippen LogP contribution in [0.15, 0.2) is 18.2 Å². The minimum atomic E-state index is -0.805. The van der Waals surface area contributed by atoms with Crippen LogP contribution in [0.1, 0.15) is 17.4 Å². The second-order valence-electron chi connectivity index (χ2n) is 4.24. The first kappa shape index (κ1) is 14.0. The molecule has 1 aliphatic heterocycles. The Morgan fingerprint density at radius 3 is 2.47 bits per heavy atom. The van der Waals surface area contributed by atoms with E-state index in [4.69, 9.17) is 14.6 Å². The molecule has 1 saturated heterocycles. The highest BCUT2D eigenvalue weighted by atomic mass is 32.2. The van der Waals surface area contributed by atoms with Gasteiger partial charge in [0.05, 0.1) is 19.6 Å². The van der Waals surface area contributed by atoms with Gasteiger partial charge >= 0.3 is 5.97 Å². The molecule has 2 atom stereocenters. The molecule has 19 heavy (non-hydrogen) atoms. The van der Waals surface area contributed by atoms with Crippen LogP contribution in [0.4, 0.5) is 0 Å². The maximum atomic E-state index is 11.1. The van der Waals surface area contributed by atoms with E-state index in [1.807, 2.05) is 12.1 Å². The predicted octanol–water partition coefficient (Wildman–Crippen LogP) is 1.88. The summed E-state index contributed by atoms with van der Waals surface area (Å²) in [7, 11) is 3.19. The van der Waals surface area contributed by atoms with Crippen molar-refractivity contribution >= 4 is 17.7 Å². The van der Waals surface area contributed by atoms with Gasteiger partial charge in [0.1, 0.15) is 17.5 Å². The summed E-state index contributed by atoms with van der Waals surface area (Å²) in [5.74, 6) is 1.41. The van der Waals surface area contributed by atoms with Crippen LogP contribution in [-0.4, -0.2) is 37.1 Å². The van der Waals surface area contributed by atoms with Crippen molar-refractivity contribution in [3.05, 3.63) is 23.8 Å². The number of thioether (sulfide) groups is 1. The van der Waals surface area contributed by atoms with Crippen LogP contribution in [0.5, 0.6) is 11.5 Å². The molecule has 6 heteroatoms. The Labute approximate surface area is 116 Å². The van der Waals surface area contributed by atoms with E-state index in [0.29, 0.717) is 17.9 Å². The maximum Gasteiger partial charge on any atom is 0.320 e. The summed E-state index contributed by atoms with van der Waals surface area (Å²) in [5.41, 5.74) is 0.965. The number of carbonyl (C=O) groups is 1. The molecule has 2 rings (SSSR count). The lowest BCUT2D eigenvalue weighted by Crippen LogP contribution is -2.41. The first-order valence-electron chi connectivity index (χ1n) is 5.97. The molecule has 2 N–H and O–H groups in total.